The highest BCUT2D eigenvalue weighted by molar-refractivity contribution is 7.89. The predicted octanol–water partition coefficient (Wildman–Crippen LogP) is 1.64. The Morgan fingerprint density at radius 3 is 2.44 bits per heavy atom. The largest absolute Gasteiger partial charge is 0.396 e. The van der Waals surface area contributed by atoms with E-state index in [1.54, 1.807) is 12.1 Å². The first kappa shape index (κ1) is 19.0. The number of rotatable bonds is 6. The molecule has 2 aromatic rings. The number of aliphatic hydroxyl groups is 1. The first-order valence-electron chi connectivity index (χ1n) is 7.53. The highest BCUT2D eigenvalue weighted by atomic mass is 32.2. The van der Waals surface area contributed by atoms with Crippen molar-refractivity contribution in [3.63, 3.8) is 0 Å². The first-order valence-corrected chi connectivity index (χ1v) is 9.07. The fourth-order valence-corrected chi connectivity index (χ4v) is 2.88. The lowest BCUT2D eigenvalue weighted by atomic mass is 10.0. The summed E-state index contributed by atoms with van der Waals surface area (Å²) in [5, 5.41) is 16.9. The lowest BCUT2D eigenvalue weighted by Gasteiger charge is -2.19. The van der Waals surface area contributed by atoms with Crippen molar-refractivity contribution in [2.45, 2.75) is 24.3 Å². The van der Waals surface area contributed by atoms with Crippen molar-refractivity contribution in [1.29, 1.82) is 0 Å². The van der Waals surface area contributed by atoms with Crippen LogP contribution >= 0.6 is 0 Å². The fraction of sp³-hybridized carbons (Fsp3) is 0.235. The lowest BCUT2D eigenvalue weighted by molar-refractivity contribution is 0.0925. The van der Waals surface area contributed by atoms with E-state index in [1.807, 2.05) is 19.1 Å². The number of aliphatic hydroxyl groups excluding tert-OH is 1. The number of carbonyl (C=O) groups is 1. The highest BCUT2D eigenvalue weighted by Gasteiger charge is 2.20. The quantitative estimate of drug-likeness (QED) is 0.722. The molecule has 2 rings (SSSR count). The number of nitrogens with one attached hydrogen (secondary N) is 1. The lowest BCUT2D eigenvalue weighted by Crippen LogP contribution is -2.30. The van der Waals surface area contributed by atoms with Crippen LogP contribution < -0.4 is 10.5 Å². The van der Waals surface area contributed by atoms with Gasteiger partial charge in [-0.05, 0) is 37.1 Å². The molecule has 4 N–H and O–H groups in total. The second kappa shape index (κ2) is 7.73. The van der Waals surface area contributed by atoms with Crippen molar-refractivity contribution in [3.8, 4) is 0 Å². The smallest absolute Gasteiger partial charge is 0.254 e. The number of halogens is 1. The minimum Gasteiger partial charge on any atom is -0.396 e. The van der Waals surface area contributed by atoms with Gasteiger partial charge in [0.05, 0.1) is 16.5 Å². The maximum atomic E-state index is 14.0. The van der Waals surface area contributed by atoms with Crippen molar-refractivity contribution in [1.82, 2.24) is 5.32 Å². The molecule has 0 aliphatic carbocycles. The molecule has 0 saturated carbocycles. The van der Waals surface area contributed by atoms with Crippen LogP contribution in [0, 0.1) is 12.7 Å². The Balaban J connectivity index is 2.31. The van der Waals surface area contributed by atoms with Gasteiger partial charge in [0, 0.05) is 6.61 Å². The highest BCUT2D eigenvalue weighted by Crippen LogP contribution is 2.20. The van der Waals surface area contributed by atoms with E-state index in [0.29, 0.717) is 0 Å². The molecule has 0 fully saturated rings. The molecule has 134 valence electrons. The third-order valence-electron chi connectivity index (χ3n) is 3.71. The summed E-state index contributed by atoms with van der Waals surface area (Å²) in [6.45, 7) is 1.73. The summed E-state index contributed by atoms with van der Waals surface area (Å²) in [7, 11) is -4.06. The molecule has 1 unspecified atom stereocenters. The van der Waals surface area contributed by atoms with Crippen molar-refractivity contribution in [3.05, 3.63) is 65.0 Å². The molecule has 0 aliphatic heterocycles. The maximum absolute atomic E-state index is 14.0. The van der Waals surface area contributed by atoms with Crippen LogP contribution in [-0.4, -0.2) is 26.0 Å². The van der Waals surface area contributed by atoms with Gasteiger partial charge in [-0.1, -0.05) is 29.8 Å². The molecule has 1 atom stereocenters. The van der Waals surface area contributed by atoms with E-state index in [2.05, 4.69) is 5.32 Å². The topological polar surface area (TPSA) is 109 Å². The van der Waals surface area contributed by atoms with E-state index in [0.717, 1.165) is 29.3 Å². The SMILES string of the molecule is Cc1ccc(C(CCO)NC(=O)c2cc(S(N)(=O)=O)ccc2F)cc1. The second-order valence-corrected chi connectivity index (χ2v) is 7.20. The summed E-state index contributed by atoms with van der Waals surface area (Å²) >= 11 is 0. The molecule has 0 aromatic heterocycles. The summed E-state index contributed by atoms with van der Waals surface area (Å²) in [6.07, 6.45) is 0.227. The zero-order valence-corrected chi connectivity index (χ0v) is 14.4. The molecular weight excluding hydrogens is 347 g/mol. The number of sulfonamides is 1. The Hall–Kier alpha value is -2.29. The Morgan fingerprint density at radius 1 is 1.24 bits per heavy atom. The minimum absolute atomic E-state index is 0.182. The number of amides is 1. The molecule has 0 bridgehead atoms. The molecular formula is C17H19FN2O4S. The van der Waals surface area contributed by atoms with Crippen LogP contribution in [0.5, 0.6) is 0 Å². The van der Waals surface area contributed by atoms with Gasteiger partial charge < -0.3 is 10.4 Å². The first-order chi connectivity index (χ1) is 11.7. The van der Waals surface area contributed by atoms with Crippen molar-refractivity contribution in [2.75, 3.05) is 6.61 Å². The number of hydrogen-bond acceptors (Lipinski definition) is 4. The number of hydrogen-bond donors (Lipinski definition) is 3. The standard InChI is InChI=1S/C17H19FN2O4S/c1-11-2-4-12(5-3-11)16(8-9-21)20-17(22)14-10-13(25(19,23)24)6-7-15(14)18/h2-7,10,16,21H,8-9H2,1H3,(H,20,22)(H2,19,23,24). The fourth-order valence-electron chi connectivity index (χ4n) is 2.34. The third-order valence-corrected chi connectivity index (χ3v) is 4.62. The van der Waals surface area contributed by atoms with Crippen LogP contribution in [0.1, 0.15) is 33.9 Å². The van der Waals surface area contributed by atoms with Crippen LogP contribution in [0.2, 0.25) is 0 Å². The number of benzene rings is 2. The van der Waals surface area contributed by atoms with Gasteiger partial charge in [0.2, 0.25) is 10.0 Å². The van der Waals surface area contributed by atoms with E-state index in [-0.39, 0.29) is 17.9 Å². The predicted molar refractivity (Wildman–Crippen MR) is 90.9 cm³/mol. The zero-order valence-electron chi connectivity index (χ0n) is 13.6. The van der Waals surface area contributed by atoms with Gasteiger partial charge in [0.25, 0.3) is 5.91 Å². The van der Waals surface area contributed by atoms with Crippen LogP contribution in [0.25, 0.3) is 0 Å². The Bertz CT molecular complexity index is 867. The van der Waals surface area contributed by atoms with Crippen LogP contribution in [0.3, 0.4) is 0 Å². The molecule has 6 nitrogen and oxygen atoms in total. The Labute approximate surface area is 145 Å². The van der Waals surface area contributed by atoms with Crippen molar-refractivity contribution in [2.24, 2.45) is 5.14 Å². The minimum atomic E-state index is -4.06. The Kier molecular flexibility index (Phi) is 5.89. The van der Waals surface area contributed by atoms with Gasteiger partial charge in [0.1, 0.15) is 5.82 Å². The van der Waals surface area contributed by atoms with E-state index in [1.165, 1.54) is 0 Å². The van der Waals surface area contributed by atoms with E-state index >= 15 is 0 Å². The molecule has 1 amide bonds. The van der Waals surface area contributed by atoms with Crippen LogP contribution in [-0.2, 0) is 10.0 Å². The van der Waals surface area contributed by atoms with Gasteiger partial charge in [-0.15, -0.1) is 0 Å². The average molecular weight is 366 g/mol. The molecule has 25 heavy (non-hydrogen) atoms. The van der Waals surface area contributed by atoms with Gasteiger partial charge >= 0.3 is 0 Å². The molecule has 0 heterocycles. The molecule has 8 heteroatoms. The van der Waals surface area contributed by atoms with Gasteiger partial charge in [-0.3, -0.25) is 4.79 Å². The van der Waals surface area contributed by atoms with Crippen molar-refractivity contribution >= 4 is 15.9 Å². The molecule has 0 radical (unpaired) electrons. The number of aryl methyl sites for hydroxylation is 1. The number of nitrogens with two attached hydrogens (primary N) is 1. The van der Waals surface area contributed by atoms with E-state index < -0.39 is 33.4 Å². The maximum Gasteiger partial charge on any atom is 0.254 e. The number of carbonyl (C=O) groups excluding carboxylic acids is 1. The van der Waals surface area contributed by atoms with E-state index in [4.69, 9.17) is 5.14 Å². The molecule has 0 saturated heterocycles. The Morgan fingerprint density at radius 2 is 1.88 bits per heavy atom. The van der Waals surface area contributed by atoms with E-state index in [9.17, 15) is 22.7 Å². The van der Waals surface area contributed by atoms with Gasteiger partial charge in [-0.2, -0.15) is 0 Å². The summed E-state index contributed by atoms with van der Waals surface area (Å²) in [6, 6.07) is 9.53. The summed E-state index contributed by atoms with van der Waals surface area (Å²) in [5.41, 5.74) is 1.35. The summed E-state index contributed by atoms with van der Waals surface area (Å²) < 4.78 is 36.7. The third kappa shape index (κ3) is 4.85. The van der Waals surface area contributed by atoms with Gasteiger partial charge in [-0.25, -0.2) is 17.9 Å². The second-order valence-electron chi connectivity index (χ2n) is 5.64. The van der Waals surface area contributed by atoms with Crippen LogP contribution in [0.15, 0.2) is 47.4 Å². The van der Waals surface area contributed by atoms with Gasteiger partial charge in [0.15, 0.2) is 0 Å². The summed E-state index contributed by atoms with van der Waals surface area (Å²) in [5.74, 6) is -1.65. The summed E-state index contributed by atoms with van der Waals surface area (Å²) in [4.78, 5) is 12.0. The molecule has 0 spiro atoms. The van der Waals surface area contributed by atoms with Crippen LogP contribution in [0.4, 0.5) is 4.39 Å². The average Bonchev–Trinajstić information content (AvgIpc) is 2.54. The number of primary sulfonamides is 1. The molecule has 0 aliphatic rings. The molecule has 2 aromatic carbocycles. The normalized spacial score (nSPS) is 12.6. The van der Waals surface area contributed by atoms with Crippen molar-refractivity contribution < 1.29 is 22.7 Å². The monoisotopic (exact) mass is 366 g/mol. The zero-order chi connectivity index (χ0) is 18.6.